The Balaban J connectivity index is 2.71. The Morgan fingerprint density at radius 2 is 1.90 bits per heavy atom. The lowest BCUT2D eigenvalue weighted by Crippen LogP contribution is -2.44. The molecule has 0 bridgehead atoms. The first-order valence-corrected chi connectivity index (χ1v) is 8.54. The highest BCUT2D eigenvalue weighted by Gasteiger charge is 2.29. The van der Waals surface area contributed by atoms with Gasteiger partial charge in [-0.3, -0.25) is 4.68 Å². The first-order chi connectivity index (χ1) is 9.82. The van der Waals surface area contributed by atoms with Crippen molar-refractivity contribution in [2.75, 3.05) is 6.54 Å². The molecular formula is C18H35N3. The van der Waals surface area contributed by atoms with Crippen LogP contribution < -0.4 is 5.32 Å². The molecule has 1 aromatic heterocycles. The molecule has 0 radical (unpaired) electrons. The van der Waals surface area contributed by atoms with Crippen LogP contribution in [0.2, 0.25) is 0 Å². The first-order valence-electron chi connectivity index (χ1n) is 8.54. The number of nitrogens with one attached hydrogen (secondary N) is 1. The second-order valence-electron chi connectivity index (χ2n) is 7.51. The van der Waals surface area contributed by atoms with E-state index in [-0.39, 0.29) is 5.54 Å². The Kier molecular flexibility index (Phi) is 6.92. The molecule has 0 amide bonds. The van der Waals surface area contributed by atoms with Gasteiger partial charge in [0, 0.05) is 31.0 Å². The average molecular weight is 293 g/mol. The molecule has 0 aliphatic rings. The van der Waals surface area contributed by atoms with Crippen molar-refractivity contribution >= 4 is 0 Å². The predicted molar refractivity (Wildman–Crippen MR) is 91.5 cm³/mol. The summed E-state index contributed by atoms with van der Waals surface area (Å²) in [5.41, 5.74) is 1.95. The fourth-order valence-electron chi connectivity index (χ4n) is 2.82. The van der Waals surface area contributed by atoms with Gasteiger partial charge in [0.1, 0.15) is 0 Å². The zero-order valence-electron chi connectivity index (χ0n) is 15.0. The normalized spacial score (nSPS) is 15.1. The molecular weight excluding hydrogens is 258 g/mol. The van der Waals surface area contributed by atoms with Crippen molar-refractivity contribution in [1.29, 1.82) is 0 Å². The lowest BCUT2D eigenvalue weighted by molar-refractivity contribution is 0.191. The largest absolute Gasteiger partial charge is 0.312 e. The lowest BCUT2D eigenvalue weighted by atomic mass is 9.75. The smallest absolute Gasteiger partial charge is 0.0492 e. The van der Waals surface area contributed by atoms with Crippen LogP contribution in [0.25, 0.3) is 0 Å². The molecule has 1 heterocycles. The van der Waals surface area contributed by atoms with Gasteiger partial charge >= 0.3 is 0 Å². The monoisotopic (exact) mass is 293 g/mol. The Bertz CT molecular complexity index is 403. The van der Waals surface area contributed by atoms with Gasteiger partial charge in [-0.25, -0.2) is 0 Å². The molecule has 1 rings (SSSR count). The van der Waals surface area contributed by atoms with Gasteiger partial charge in [-0.15, -0.1) is 0 Å². The minimum atomic E-state index is 0.194. The topological polar surface area (TPSA) is 29.9 Å². The summed E-state index contributed by atoms with van der Waals surface area (Å²) < 4.78 is 2.01. The molecule has 0 aliphatic carbocycles. The minimum absolute atomic E-state index is 0.194. The van der Waals surface area contributed by atoms with E-state index < -0.39 is 0 Å². The molecule has 1 aromatic rings. The number of nitrogens with zero attached hydrogens (tertiary/aromatic N) is 2. The van der Waals surface area contributed by atoms with Gasteiger partial charge in [0.2, 0.25) is 0 Å². The molecule has 1 N–H and O–H groups in total. The molecule has 0 spiro atoms. The van der Waals surface area contributed by atoms with Crippen molar-refractivity contribution in [2.24, 2.45) is 12.5 Å². The van der Waals surface area contributed by atoms with Crippen LogP contribution >= 0.6 is 0 Å². The summed E-state index contributed by atoms with van der Waals surface area (Å²) in [5.74, 6) is 0. The summed E-state index contributed by atoms with van der Waals surface area (Å²) in [7, 11) is 2.04. The van der Waals surface area contributed by atoms with E-state index in [0.29, 0.717) is 5.41 Å². The molecule has 21 heavy (non-hydrogen) atoms. The molecule has 0 saturated carbocycles. The summed E-state index contributed by atoms with van der Waals surface area (Å²) >= 11 is 0. The zero-order chi connectivity index (χ0) is 15.9. The van der Waals surface area contributed by atoms with Gasteiger partial charge < -0.3 is 5.32 Å². The van der Waals surface area contributed by atoms with Crippen LogP contribution in [0.4, 0.5) is 0 Å². The van der Waals surface area contributed by atoms with Crippen molar-refractivity contribution in [3.63, 3.8) is 0 Å². The van der Waals surface area contributed by atoms with Crippen molar-refractivity contribution < 1.29 is 0 Å². The maximum absolute atomic E-state index is 4.29. The molecule has 0 saturated heterocycles. The highest BCUT2D eigenvalue weighted by atomic mass is 15.2. The summed E-state index contributed by atoms with van der Waals surface area (Å²) in [4.78, 5) is 0. The summed E-state index contributed by atoms with van der Waals surface area (Å²) in [6.07, 6.45) is 9.44. The van der Waals surface area contributed by atoms with Crippen LogP contribution in [0.3, 0.4) is 0 Å². The first kappa shape index (κ1) is 18.2. The number of hydrogen-bond acceptors (Lipinski definition) is 2. The number of unbranched alkanes of at least 4 members (excludes halogenated alkanes) is 1. The summed E-state index contributed by atoms with van der Waals surface area (Å²) in [5, 5.41) is 8.04. The Morgan fingerprint density at radius 3 is 2.38 bits per heavy atom. The molecule has 0 fully saturated rings. The van der Waals surface area contributed by atoms with Gasteiger partial charge in [-0.05, 0) is 57.9 Å². The van der Waals surface area contributed by atoms with Crippen molar-refractivity contribution in [3.05, 3.63) is 18.0 Å². The maximum Gasteiger partial charge on any atom is 0.0492 e. The van der Waals surface area contributed by atoms with Crippen LogP contribution in [-0.2, 0) is 13.5 Å². The molecule has 1 unspecified atom stereocenters. The highest BCUT2D eigenvalue weighted by molar-refractivity contribution is 5.01. The third kappa shape index (κ3) is 6.21. The Morgan fingerprint density at radius 1 is 1.19 bits per heavy atom. The lowest BCUT2D eigenvalue weighted by Gasteiger charge is -2.36. The quantitative estimate of drug-likeness (QED) is 0.734. The molecule has 0 aromatic carbocycles. The van der Waals surface area contributed by atoms with Crippen LogP contribution in [0.1, 0.15) is 72.4 Å². The SMILES string of the molecule is CCCCC(CC)(CCc1ccnn1C)CNC(C)(C)C. The predicted octanol–water partition coefficient (Wildman–Crippen LogP) is 4.33. The van der Waals surface area contributed by atoms with Crippen LogP contribution in [-0.4, -0.2) is 21.9 Å². The third-order valence-electron chi connectivity index (χ3n) is 4.64. The second-order valence-corrected chi connectivity index (χ2v) is 7.51. The average Bonchev–Trinajstić information content (AvgIpc) is 2.83. The summed E-state index contributed by atoms with van der Waals surface area (Å²) in [6.45, 7) is 12.5. The van der Waals surface area contributed by atoms with Gasteiger partial charge in [-0.1, -0.05) is 26.7 Å². The molecule has 0 aliphatic heterocycles. The van der Waals surface area contributed by atoms with E-state index >= 15 is 0 Å². The zero-order valence-corrected chi connectivity index (χ0v) is 15.0. The van der Waals surface area contributed by atoms with Gasteiger partial charge in [-0.2, -0.15) is 5.10 Å². The van der Waals surface area contributed by atoms with E-state index in [9.17, 15) is 0 Å². The minimum Gasteiger partial charge on any atom is -0.312 e. The standard InChI is InChI=1S/C18H35N3/c1-7-9-12-18(8-2,15-19-17(3,4)5)13-10-16-11-14-20-21(16)6/h11,14,19H,7-10,12-13,15H2,1-6H3. The Hall–Kier alpha value is -0.830. The second kappa shape index (κ2) is 7.98. The molecule has 1 atom stereocenters. The number of hydrogen-bond donors (Lipinski definition) is 1. The van der Waals surface area contributed by atoms with E-state index in [1.807, 2.05) is 17.9 Å². The Labute approximate surface area is 131 Å². The maximum atomic E-state index is 4.29. The highest BCUT2D eigenvalue weighted by Crippen LogP contribution is 2.34. The number of aryl methyl sites for hydroxylation is 2. The van der Waals surface area contributed by atoms with Crippen LogP contribution in [0.15, 0.2) is 12.3 Å². The molecule has 3 nitrogen and oxygen atoms in total. The van der Waals surface area contributed by atoms with Gasteiger partial charge in [0.15, 0.2) is 0 Å². The van der Waals surface area contributed by atoms with E-state index in [2.05, 4.69) is 51.1 Å². The van der Waals surface area contributed by atoms with E-state index in [0.717, 1.165) is 13.0 Å². The molecule has 3 heteroatoms. The molecule has 122 valence electrons. The number of aromatic nitrogens is 2. The van der Waals surface area contributed by atoms with Crippen molar-refractivity contribution in [1.82, 2.24) is 15.1 Å². The van der Waals surface area contributed by atoms with E-state index in [4.69, 9.17) is 0 Å². The van der Waals surface area contributed by atoms with E-state index in [1.165, 1.54) is 37.8 Å². The van der Waals surface area contributed by atoms with Gasteiger partial charge in [0.25, 0.3) is 0 Å². The van der Waals surface area contributed by atoms with Crippen LogP contribution in [0.5, 0.6) is 0 Å². The van der Waals surface area contributed by atoms with E-state index in [1.54, 1.807) is 0 Å². The van der Waals surface area contributed by atoms with Crippen molar-refractivity contribution in [3.8, 4) is 0 Å². The van der Waals surface area contributed by atoms with Crippen molar-refractivity contribution in [2.45, 2.75) is 78.7 Å². The third-order valence-corrected chi connectivity index (χ3v) is 4.64. The fourth-order valence-corrected chi connectivity index (χ4v) is 2.82. The number of rotatable bonds is 9. The van der Waals surface area contributed by atoms with Crippen LogP contribution in [0, 0.1) is 5.41 Å². The van der Waals surface area contributed by atoms with Gasteiger partial charge in [0.05, 0.1) is 0 Å². The fraction of sp³-hybridized carbons (Fsp3) is 0.833. The summed E-state index contributed by atoms with van der Waals surface area (Å²) in [6, 6.07) is 2.15.